The van der Waals surface area contributed by atoms with E-state index in [2.05, 4.69) is 46.9 Å². The summed E-state index contributed by atoms with van der Waals surface area (Å²) in [7, 11) is 0. The van der Waals surface area contributed by atoms with Crippen molar-refractivity contribution in [3.8, 4) is 0 Å². The van der Waals surface area contributed by atoms with Crippen LogP contribution in [0.1, 0.15) is 26.3 Å². The third kappa shape index (κ3) is 3.29. The largest absolute Gasteiger partial charge is 0.368 e. The molecule has 0 bridgehead atoms. The second-order valence-corrected chi connectivity index (χ2v) is 7.23. The molecule has 19 heavy (non-hydrogen) atoms. The minimum Gasteiger partial charge on any atom is -0.368 e. The summed E-state index contributed by atoms with van der Waals surface area (Å²) in [6.07, 6.45) is 0. The van der Waals surface area contributed by atoms with Crippen LogP contribution in [0, 0.1) is 18.2 Å². The average molecular weight is 329 g/mol. The van der Waals surface area contributed by atoms with Crippen molar-refractivity contribution in [1.29, 1.82) is 0 Å². The number of nitrogens with one attached hydrogen (secondary N) is 1. The number of aryl methyl sites for hydroxylation is 1. The summed E-state index contributed by atoms with van der Waals surface area (Å²) in [5.41, 5.74) is 2.33. The minimum absolute atomic E-state index is 0.188. The molecule has 1 heterocycles. The zero-order valence-corrected chi connectivity index (χ0v) is 13.6. The molecule has 0 saturated carbocycles. The smallest absolute Gasteiger partial charge is 0.139 e. The van der Waals surface area contributed by atoms with E-state index in [0.717, 1.165) is 30.9 Å². The zero-order valence-electron chi connectivity index (χ0n) is 12.1. The molecule has 1 fully saturated rings. The van der Waals surface area contributed by atoms with Crippen molar-refractivity contribution in [2.24, 2.45) is 5.41 Å². The molecule has 0 radical (unpaired) electrons. The van der Waals surface area contributed by atoms with Gasteiger partial charge in [0, 0.05) is 31.4 Å². The number of nitrogens with zero attached hydrogens (tertiary/aromatic N) is 1. The molecule has 1 saturated heterocycles. The Bertz CT molecular complexity index is 468. The molecule has 1 aliphatic heterocycles. The molecule has 1 unspecified atom stereocenters. The molecule has 2 nitrogen and oxygen atoms in total. The molecule has 1 aliphatic rings. The Kier molecular flexibility index (Phi) is 4.21. The van der Waals surface area contributed by atoms with Gasteiger partial charge in [0.25, 0.3) is 0 Å². The van der Waals surface area contributed by atoms with Gasteiger partial charge in [0.15, 0.2) is 0 Å². The van der Waals surface area contributed by atoms with Crippen LogP contribution in [-0.2, 0) is 0 Å². The number of rotatable bonds is 1. The van der Waals surface area contributed by atoms with Crippen LogP contribution in [0.3, 0.4) is 0 Å². The quantitative estimate of drug-likeness (QED) is 0.845. The number of halogens is 2. The molecule has 1 aromatic carbocycles. The van der Waals surface area contributed by atoms with E-state index in [0.29, 0.717) is 10.5 Å². The van der Waals surface area contributed by atoms with Gasteiger partial charge in [-0.15, -0.1) is 0 Å². The Balaban J connectivity index is 2.25. The normalized spacial score (nSPS) is 20.7. The first-order chi connectivity index (χ1) is 8.79. The van der Waals surface area contributed by atoms with Crippen LogP contribution >= 0.6 is 15.9 Å². The number of hydrogen-bond donors (Lipinski definition) is 1. The fourth-order valence-corrected chi connectivity index (χ4v) is 2.98. The van der Waals surface area contributed by atoms with Crippen molar-refractivity contribution in [3.05, 3.63) is 28.0 Å². The Morgan fingerprint density at radius 1 is 1.37 bits per heavy atom. The molecule has 1 atom stereocenters. The van der Waals surface area contributed by atoms with Crippen molar-refractivity contribution in [2.45, 2.75) is 33.7 Å². The second kappa shape index (κ2) is 5.41. The van der Waals surface area contributed by atoms with E-state index in [4.69, 9.17) is 0 Å². The fourth-order valence-electron chi connectivity index (χ4n) is 2.53. The van der Waals surface area contributed by atoms with Gasteiger partial charge in [0.1, 0.15) is 5.82 Å². The third-order valence-electron chi connectivity index (χ3n) is 3.80. The van der Waals surface area contributed by atoms with Crippen molar-refractivity contribution in [1.82, 2.24) is 5.32 Å². The fraction of sp³-hybridized carbons (Fsp3) is 0.600. The predicted octanol–water partition coefficient (Wildman–Crippen LogP) is 3.72. The standard InChI is InChI=1S/C15H22BrFN2/c1-10-7-11(16)12(17)8-13(10)19-6-5-18-14(9-19)15(2,3)4/h7-8,14,18H,5-6,9H2,1-4H3. The van der Waals surface area contributed by atoms with Crippen LogP contribution in [0.2, 0.25) is 0 Å². The highest BCUT2D eigenvalue weighted by Crippen LogP contribution is 2.30. The topological polar surface area (TPSA) is 15.3 Å². The van der Waals surface area contributed by atoms with Gasteiger partial charge in [-0.3, -0.25) is 0 Å². The van der Waals surface area contributed by atoms with Gasteiger partial charge in [-0.1, -0.05) is 20.8 Å². The Morgan fingerprint density at radius 2 is 2.05 bits per heavy atom. The van der Waals surface area contributed by atoms with E-state index in [1.54, 1.807) is 6.07 Å². The van der Waals surface area contributed by atoms with Gasteiger partial charge >= 0.3 is 0 Å². The van der Waals surface area contributed by atoms with E-state index in [9.17, 15) is 4.39 Å². The molecular weight excluding hydrogens is 307 g/mol. The lowest BCUT2D eigenvalue weighted by molar-refractivity contribution is 0.254. The SMILES string of the molecule is Cc1cc(Br)c(F)cc1N1CCNC(C(C)(C)C)C1. The van der Waals surface area contributed by atoms with Gasteiger partial charge < -0.3 is 10.2 Å². The highest BCUT2D eigenvalue weighted by molar-refractivity contribution is 9.10. The lowest BCUT2D eigenvalue weighted by Gasteiger charge is -2.42. The first kappa shape index (κ1) is 14.8. The molecule has 0 aromatic heterocycles. The summed E-state index contributed by atoms with van der Waals surface area (Å²) in [6, 6.07) is 3.93. The van der Waals surface area contributed by atoms with Crippen LogP contribution in [0.15, 0.2) is 16.6 Å². The molecular formula is C15H22BrFN2. The van der Waals surface area contributed by atoms with Crippen molar-refractivity contribution < 1.29 is 4.39 Å². The maximum Gasteiger partial charge on any atom is 0.139 e. The Morgan fingerprint density at radius 3 is 2.68 bits per heavy atom. The lowest BCUT2D eigenvalue weighted by atomic mass is 9.85. The lowest BCUT2D eigenvalue weighted by Crippen LogP contribution is -2.56. The van der Waals surface area contributed by atoms with Crippen LogP contribution in [-0.4, -0.2) is 25.7 Å². The highest BCUT2D eigenvalue weighted by Gasteiger charge is 2.30. The monoisotopic (exact) mass is 328 g/mol. The highest BCUT2D eigenvalue weighted by atomic mass is 79.9. The van der Waals surface area contributed by atoms with Gasteiger partial charge in [0.2, 0.25) is 0 Å². The van der Waals surface area contributed by atoms with Crippen LogP contribution in [0.5, 0.6) is 0 Å². The van der Waals surface area contributed by atoms with Gasteiger partial charge in [-0.2, -0.15) is 0 Å². The zero-order chi connectivity index (χ0) is 14.2. The minimum atomic E-state index is -0.188. The average Bonchev–Trinajstić information content (AvgIpc) is 2.33. The van der Waals surface area contributed by atoms with Gasteiger partial charge in [-0.05, 0) is 46.0 Å². The van der Waals surface area contributed by atoms with E-state index in [1.807, 2.05) is 13.0 Å². The summed E-state index contributed by atoms with van der Waals surface area (Å²) < 4.78 is 14.3. The number of hydrogen-bond acceptors (Lipinski definition) is 2. The summed E-state index contributed by atoms with van der Waals surface area (Å²) in [5, 5.41) is 3.56. The van der Waals surface area contributed by atoms with Crippen molar-refractivity contribution in [2.75, 3.05) is 24.5 Å². The van der Waals surface area contributed by atoms with E-state index in [-0.39, 0.29) is 11.2 Å². The number of piperazine rings is 1. The predicted molar refractivity (Wildman–Crippen MR) is 82.3 cm³/mol. The number of anilines is 1. The van der Waals surface area contributed by atoms with E-state index >= 15 is 0 Å². The molecule has 2 rings (SSSR count). The van der Waals surface area contributed by atoms with Crippen molar-refractivity contribution in [3.63, 3.8) is 0 Å². The molecule has 0 aliphatic carbocycles. The first-order valence-electron chi connectivity index (χ1n) is 6.73. The van der Waals surface area contributed by atoms with E-state index < -0.39 is 0 Å². The summed E-state index contributed by atoms with van der Waals surface area (Å²) in [6.45, 7) is 11.5. The second-order valence-electron chi connectivity index (χ2n) is 6.37. The van der Waals surface area contributed by atoms with Gasteiger partial charge in [-0.25, -0.2) is 4.39 Å². The summed E-state index contributed by atoms with van der Waals surface area (Å²) in [4.78, 5) is 2.29. The van der Waals surface area contributed by atoms with E-state index in [1.165, 1.54) is 0 Å². The third-order valence-corrected chi connectivity index (χ3v) is 4.41. The molecule has 1 N–H and O–H groups in total. The van der Waals surface area contributed by atoms with Crippen LogP contribution < -0.4 is 10.2 Å². The molecule has 1 aromatic rings. The summed E-state index contributed by atoms with van der Waals surface area (Å²) >= 11 is 3.24. The first-order valence-corrected chi connectivity index (χ1v) is 7.52. The molecule has 106 valence electrons. The van der Waals surface area contributed by atoms with Crippen LogP contribution in [0.25, 0.3) is 0 Å². The maximum atomic E-state index is 13.8. The molecule has 0 amide bonds. The Hall–Kier alpha value is -0.610. The molecule has 4 heteroatoms. The Labute approximate surface area is 123 Å². The summed E-state index contributed by atoms with van der Waals surface area (Å²) in [5.74, 6) is -0.188. The maximum absolute atomic E-state index is 13.8. The van der Waals surface area contributed by atoms with Crippen molar-refractivity contribution >= 4 is 21.6 Å². The van der Waals surface area contributed by atoms with Crippen LogP contribution in [0.4, 0.5) is 10.1 Å². The number of benzene rings is 1. The van der Waals surface area contributed by atoms with Gasteiger partial charge in [0.05, 0.1) is 4.47 Å². The molecule has 0 spiro atoms.